The second kappa shape index (κ2) is 1.20. The van der Waals surface area contributed by atoms with Crippen molar-refractivity contribution < 1.29 is 4.74 Å². The van der Waals surface area contributed by atoms with E-state index in [1.807, 2.05) is 0 Å². The highest BCUT2D eigenvalue weighted by atomic mass is 16.6. The lowest BCUT2D eigenvalue weighted by Crippen LogP contribution is -2.25. The van der Waals surface area contributed by atoms with Crippen molar-refractivity contribution in [3.8, 4) is 0 Å². The fourth-order valence-corrected chi connectivity index (χ4v) is 1.09. The minimum absolute atomic E-state index is 0.453. The number of rotatable bonds is 0. The largest absolute Gasteiger partial charge is 0.353 e. The van der Waals surface area contributed by atoms with Crippen molar-refractivity contribution in [3.05, 3.63) is 0 Å². The van der Waals surface area contributed by atoms with E-state index in [1.54, 1.807) is 0 Å². The number of hydrogen-bond acceptors (Lipinski definition) is 2. The molecule has 0 aromatic carbocycles. The first-order chi connectivity index (χ1) is 3.47. The van der Waals surface area contributed by atoms with Crippen LogP contribution >= 0.6 is 0 Å². The molecule has 2 aliphatic heterocycles. The molecule has 2 heteroatoms. The Morgan fingerprint density at radius 1 is 1.57 bits per heavy atom. The molecule has 2 rings (SSSR count). The second-order valence-electron chi connectivity index (χ2n) is 2.19. The summed E-state index contributed by atoms with van der Waals surface area (Å²) in [5.41, 5.74) is 0. The van der Waals surface area contributed by atoms with Gasteiger partial charge >= 0.3 is 0 Å². The minimum atomic E-state index is 0.453. The fourth-order valence-electron chi connectivity index (χ4n) is 1.09. The van der Waals surface area contributed by atoms with Gasteiger partial charge in [-0.15, -0.1) is 0 Å². The van der Waals surface area contributed by atoms with Gasteiger partial charge in [-0.05, 0) is 19.4 Å². The van der Waals surface area contributed by atoms with Crippen molar-refractivity contribution in [1.29, 1.82) is 0 Å². The van der Waals surface area contributed by atoms with Crippen LogP contribution in [0.2, 0.25) is 0 Å². The Balaban J connectivity index is 1.95. The maximum absolute atomic E-state index is 5.17. The average molecular weight is 99.1 g/mol. The Morgan fingerprint density at radius 2 is 2.57 bits per heavy atom. The summed E-state index contributed by atoms with van der Waals surface area (Å²) < 4.78 is 5.17. The lowest BCUT2D eigenvalue weighted by atomic mass is 10.2. The normalized spacial score (nSPS) is 48.0. The SMILES string of the molecule is C1CNC2O[C@H]2C1. The quantitative estimate of drug-likeness (QED) is 0.435. The Hall–Kier alpha value is -0.0800. The molecule has 0 bridgehead atoms. The van der Waals surface area contributed by atoms with Crippen LogP contribution in [0.5, 0.6) is 0 Å². The zero-order valence-electron chi connectivity index (χ0n) is 4.18. The molecular formula is C5H9NO. The summed E-state index contributed by atoms with van der Waals surface area (Å²) in [6.45, 7) is 1.15. The summed E-state index contributed by atoms with van der Waals surface area (Å²) >= 11 is 0. The summed E-state index contributed by atoms with van der Waals surface area (Å²) in [6, 6.07) is 0. The summed E-state index contributed by atoms with van der Waals surface area (Å²) in [5.74, 6) is 0. The number of fused-ring (bicyclic) bond motifs is 1. The van der Waals surface area contributed by atoms with Crippen molar-refractivity contribution in [2.75, 3.05) is 6.54 Å². The van der Waals surface area contributed by atoms with Crippen LogP contribution in [0.25, 0.3) is 0 Å². The summed E-state index contributed by atoms with van der Waals surface area (Å²) in [7, 11) is 0. The van der Waals surface area contributed by atoms with E-state index in [0.717, 1.165) is 6.54 Å². The van der Waals surface area contributed by atoms with Gasteiger partial charge in [0.2, 0.25) is 0 Å². The third-order valence-electron chi connectivity index (χ3n) is 1.59. The van der Waals surface area contributed by atoms with Crippen LogP contribution in [0.15, 0.2) is 0 Å². The first-order valence-electron chi connectivity index (χ1n) is 2.86. The van der Waals surface area contributed by atoms with Gasteiger partial charge in [-0.2, -0.15) is 0 Å². The van der Waals surface area contributed by atoms with Gasteiger partial charge in [-0.3, -0.25) is 5.32 Å². The third kappa shape index (κ3) is 0.545. The topological polar surface area (TPSA) is 24.6 Å². The number of ether oxygens (including phenoxy) is 1. The molecule has 1 unspecified atom stereocenters. The molecule has 0 aliphatic carbocycles. The van der Waals surface area contributed by atoms with Crippen molar-refractivity contribution in [2.24, 2.45) is 0 Å². The van der Waals surface area contributed by atoms with Crippen LogP contribution in [0.3, 0.4) is 0 Å². The Labute approximate surface area is 42.9 Å². The fraction of sp³-hybridized carbons (Fsp3) is 1.00. The van der Waals surface area contributed by atoms with Gasteiger partial charge in [0.25, 0.3) is 0 Å². The van der Waals surface area contributed by atoms with Gasteiger partial charge in [-0.1, -0.05) is 0 Å². The van der Waals surface area contributed by atoms with Gasteiger partial charge in [-0.25, -0.2) is 0 Å². The molecule has 0 spiro atoms. The molecule has 0 saturated carbocycles. The minimum Gasteiger partial charge on any atom is -0.353 e. The number of piperidine rings is 1. The molecule has 1 N–H and O–H groups in total. The molecular weight excluding hydrogens is 90.1 g/mol. The van der Waals surface area contributed by atoms with Crippen LogP contribution in [0, 0.1) is 0 Å². The van der Waals surface area contributed by atoms with Crippen LogP contribution in [-0.2, 0) is 4.74 Å². The monoisotopic (exact) mass is 99.1 g/mol. The van der Waals surface area contributed by atoms with Crippen LogP contribution < -0.4 is 5.32 Å². The molecule has 40 valence electrons. The molecule has 7 heavy (non-hydrogen) atoms. The van der Waals surface area contributed by atoms with E-state index >= 15 is 0 Å². The Bertz CT molecular complexity index is 74.1. The highest BCUT2D eigenvalue weighted by Gasteiger charge is 2.39. The molecule has 0 amide bonds. The van der Waals surface area contributed by atoms with E-state index in [1.165, 1.54) is 12.8 Å². The van der Waals surface area contributed by atoms with E-state index in [0.29, 0.717) is 12.3 Å². The van der Waals surface area contributed by atoms with E-state index in [-0.39, 0.29) is 0 Å². The molecule has 0 radical (unpaired) electrons. The Kier molecular flexibility index (Phi) is 0.664. The molecule has 2 heterocycles. The predicted molar refractivity (Wildman–Crippen MR) is 25.9 cm³/mol. The summed E-state index contributed by atoms with van der Waals surface area (Å²) in [4.78, 5) is 0. The van der Waals surface area contributed by atoms with Crippen molar-refractivity contribution in [1.82, 2.24) is 5.32 Å². The first kappa shape index (κ1) is 3.87. The van der Waals surface area contributed by atoms with E-state index in [4.69, 9.17) is 4.74 Å². The van der Waals surface area contributed by atoms with Crippen LogP contribution in [-0.4, -0.2) is 18.9 Å². The van der Waals surface area contributed by atoms with Gasteiger partial charge in [0.05, 0.1) is 6.10 Å². The van der Waals surface area contributed by atoms with Crippen LogP contribution in [0.1, 0.15) is 12.8 Å². The zero-order valence-corrected chi connectivity index (χ0v) is 4.18. The van der Waals surface area contributed by atoms with Gasteiger partial charge in [0, 0.05) is 0 Å². The van der Waals surface area contributed by atoms with E-state index in [9.17, 15) is 0 Å². The smallest absolute Gasteiger partial charge is 0.135 e. The van der Waals surface area contributed by atoms with E-state index < -0.39 is 0 Å². The van der Waals surface area contributed by atoms with Crippen molar-refractivity contribution >= 4 is 0 Å². The highest BCUT2D eigenvalue weighted by Crippen LogP contribution is 2.26. The average Bonchev–Trinajstić information content (AvgIpc) is 2.41. The summed E-state index contributed by atoms with van der Waals surface area (Å²) in [6.07, 6.45) is 3.61. The molecule has 2 fully saturated rings. The molecule has 2 saturated heterocycles. The summed E-state index contributed by atoms with van der Waals surface area (Å²) in [5, 5.41) is 3.23. The van der Waals surface area contributed by atoms with Gasteiger partial charge < -0.3 is 4.74 Å². The molecule has 0 aromatic heterocycles. The number of hydrogen-bond donors (Lipinski definition) is 1. The zero-order chi connectivity index (χ0) is 4.69. The molecule has 2 aliphatic rings. The predicted octanol–water partition coefficient (Wildman–Crippen LogP) is 0.0947. The molecule has 2 nitrogen and oxygen atoms in total. The lowest BCUT2D eigenvalue weighted by molar-refractivity contribution is 0.360. The standard InChI is InChI=1S/C5H9NO/c1-2-4-5(7-4)6-3-1/h4-6H,1-3H2/t4-,5?/m0/s1. The first-order valence-corrected chi connectivity index (χ1v) is 2.86. The third-order valence-corrected chi connectivity index (χ3v) is 1.59. The van der Waals surface area contributed by atoms with Gasteiger partial charge in [0.15, 0.2) is 0 Å². The van der Waals surface area contributed by atoms with E-state index in [2.05, 4.69) is 5.32 Å². The van der Waals surface area contributed by atoms with Crippen LogP contribution in [0.4, 0.5) is 0 Å². The van der Waals surface area contributed by atoms with Gasteiger partial charge in [0.1, 0.15) is 6.23 Å². The second-order valence-corrected chi connectivity index (χ2v) is 2.19. The molecule has 2 atom stereocenters. The number of nitrogens with one attached hydrogen (secondary N) is 1. The maximum Gasteiger partial charge on any atom is 0.135 e. The number of epoxide rings is 1. The van der Waals surface area contributed by atoms with Crippen molar-refractivity contribution in [2.45, 2.75) is 25.2 Å². The molecule has 0 aromatic rings. The highest BCUT2D eigenvalue weighted by molar-refractivity contribution is 4.86. The Morgan fingerprint density at radius 3 is 3.14 bits per heavy atom. The maximum atomic E-state index is 5.17. The lowest BCUT2D eigenvalue weighted by Gasteiger charge is -2.03. The van der Waals surface area contributed by atoms with Crippen molar-refractivity contribution in [3.63, 3.8) is 0 Å².